The summed E-state index contributed by atoms with van der Waals surface area (Å²) < 4.78 is 0. The SMILES string of the molecule is CCC(NC(=O)c1ccc(C)cc1)c1ccc2c(c1)CCCC2. The van der Waals surface area contributed by atoms with Crippen LogP contribution in [0.25, 0.3) is 0 Å². The zero-order valence-electron chi connectivity index (χ0n) is 14.1. The van der Waals surface area contributed by atoms with E-state index in [-0.39, 0.29) is 11.9 Å². The van der Waals surface area contributed by atoms with E-state index < -0.39 is 0 Å². The maximum absolute atomic E-state index is 12.5. The van der Waals surface area contributed by atoms with Crippen molar-refractivity contribution >= 4 is 5.91 Å². The molecule has 3 rings (SSSR count). The summed E-state index contributed by atoms with van der Waals surface area (Å²) in [6.45, 7) is 4.16. The fourth-order valence-corrected chi connectivity index (χ4v) is 3.34. The average Bonchev–Trinajstić information content (AvgIpc) is 2.59. The number of aryl methyl sites for hydroxylation is 3. The number of benzene rings is 2. The Morgan fingerprint density at radius 3 is 2.43 bits per heavy atom. The van der Waals surface area contributed by atoms with E-state index in [0.29, 0.717) is 0 Å². The Morgan fingerprint density at radius 2 is 1.74 bits per heavy atom. The van der Waals surface area contributed by atoms with E-state index in [0.717, 1.165) is 12.0 Å². The van der Waals surface area contributed by atoms with Crippen LogP contribution in [0, 0.1) is 6.92 Å². The van der Waals surface area contributed by atoms with Crippen LogP contribution in [0.15, 0.2) is 42.5 Å². The molecule has 0 aliphatic heterocycles. The fourth-order valence-electron chi connectivity index (χ4n) is 3.34. The zero-order valence-corrected chi connectivity index (χ0v) is 14.1. The molecule has 1 aliphatic rings. The van der Waals surface area contributed by atoms with Gasteiger partial charge in [0.25, 0.3) is 5.91 Å². The summed E-state index contributed by atoms with van der Waals surface area (Å²) in [5.74, 6) is 0.00886. The second-order valence-corrected chi connectivity index (χ2v) is 6.54. The largest absolute Gasteiger partial charge is 0.345 e. The molecule has 0 saturated carbocycles. The van der Waals surface area contributed by atoms with Gasteiger partial charge in [0.1, 0.15) is 0 Å². The van der Waals surface area contributed by atoms with Gasteiger partial charge in [-0.15, -0.1) is 0 Å². The lowest BCUT2D eigenvalue weighted by atomic mass is 9.88. The number of rotatable bonds is 4. The van der Waals surface area contributed by atoms with Gasteiger partial charge in [-0.1, -0.05) is 42.8 Å². The van der Waals surface area contributed by atoms with Crippen molar-refractivity contribution in [1.29, 1.82) is 0 Å². The monoisotopic (exact) mass is 307 g/mol. The maximum Gasteiger partial charge on any atom is 0.251 e. The van der Waals surface area contributed by atoms with Crippen molar-refractivity contribution < 1.29 is 4.79 Å². The Morgan fingerprint density at radius 1 is 1.04 bits per heavy atom. The molecule has 120 valence electrons. The van der Waals surface area contributed by atoms with E-state index in [1.54, 1.807) is 0 Å². The van der Waals surface area contributed by atoms with Crippen LogP contribution in [0.5, 0.6) is 0 Å². The van der Waals surface area contributed by atoms with Gasteiger partial charge in [-0.3, -0.25) is 4.79 Å². The molecule has 1 N–H and O–H groups in total. The summed E-state index contributed by atoms with van der Waals surface area (Å²) in [6.07, 6.45) is 5.85. The smallest absolute Gasteiger partial charge is 0.251 e. The minimum Gasteiger partial charge on any atom is -0.345 e. The number of nitrogens with one attached hydrogen (secondary N) is 1. The van der Waals surface area contributed by atoms with Crippen LogP contribution >= 0.6 is 0 Å². The fraction of sp³-hybridized carbons (Fsp3) is 0.381. The molecule has 0 fully saturated rings. The molecule has 1 aliphatic carbocycles. The molecule has 2 aromatic rings. The predicted molar refractivity (Wildman–Crippen MR) is 94.8 cm³/mol. The molecule has 2 heteroatoms. The van der Waals surface area contributed by atoms with E-state index in [1.165, 1.54) is 47.9 Å². The lowest BCUT2D eigenvalue weighted by Gasteiger charge is -2.22. The molecule has 1 atom stereocenters. The standard InChI is InChI=1S/C21H25NO/c1-3-20(22-21(23)17-10-8-15(2)9-11-17)19-13-12-16-6-4-5-7-18(16)14-19/h8-14,20H,3-7H2,1-2H3,(H,22,23). The highest BCUT2D eigenvalue weighted by molar-refractivity contribution is 5.94. The summed E-state index contributed by atoms with van der Waals surface area (Å²) in [7, 11) is 0. The first-order valence-electron chi connectivity index (χ1n) is 8.66. The summed E-state index contributed by atoms with van der Waals surface area (Å²) in [6, 6.07) is 14.6. The summed E-state index contributed by atoms with van der Waals surface area (Å²) >= 11 is 0. The lowest BCUT2D eigenvalue weighted by Crippen LogP contribution is -2.28. The molecule has 23 heavy (non-hydrogen) atoms. The molecule has 2 aromatic carbocycles. The molecular formula is C21H25NO. The van der Waals surface area contributed by atoms with Gasteiger partial charge in [-0.25, -0.2) is 0 Å². The quantitative estimate of drug-likeness (QED) is 0.867. The topological polar surface area (TPSA) is 29.1 Å². The van der Waals surface area contributed by atoms with Crippen LogP contribution < -0.4 is 5.32 Å². The predicted octanol–water partition coefficient (Wildman–Crippen LogP) is 4.75. The summed E-state index contributed by atoms with van der Waals surface area (Å²) in [5.41, 5.74) is 6.08. The van der Waals surface area contributed by atoms with Crippen LogP contribution in [-0.2, 0) is 12.8 Å². The van der Waals surface area contributed by atoms with Crippen molar-refractivity contribution in [3.8, 4) is 0 Å². The van der Waals surface area contributed by atoms with E-state index in [9.17, 15) is 4.79 Å². The molecule has 0 radical (unpaired) electrons. The first-order chi connectivity index (χ1) is 11.2. The van der Waals surface area contributed by atoms with Gasteiger partial charge in [0, 0.05) is 5.56 Å². The van der Waals surface area contributed by atoms with Gasteiger partial charge < -0.3 is 5.32 Å². The zero-order chi connectivity index (χ0) is 16.2. The maximum atomic E-state index is 12.5. The third kappa shape index (κ3) is 3.64. The first kappa shape index (κ1) is 15.8. The molecule has 0 bridgehead atoms. The highest BCUT2D eigenvalue weighted by Crippen LogP contribution is 2.26. The van der Waals surface area contributed by atoms with Crippen LogP contribution in [0.2, 0.25) is 0 Å². The lowest BCUT2D eigenvalue weighted by molar-refractivity contribution is 0.0935. The number of hydrogen-bond acceptors (Lipinski definition) is 1. The molecule has 1 unspecified atom stereocenters. The van der Waals surface area contributed by atoms with Crippen LogP contribution in [-0.4, -0.2) is 5.91 Å². The number of amides is 1. The molecule has 0 saturated heterocycles. The highest BCUT2D eigenvalue weighted by atomic mass is 16.1. The highest BCUT2D eigenvalue weighted by Gasteiger charge is 2.16. The first-order valence-corrected chi connectivity index (χ1v) is 8.66. The van der Waals surface area contributed by atoms with Crippen molar-refractivity contribution in [3.05, 3.63) is 70.3 Å². The van der Waals surface area contributed by atoms with Gasteiger partial charge in [0.15, 0.2) is 0 Å². The Bertz CT molecular complexity index is 687. The van der Waals surface area contributed by atoms with Gasteiger partial charge >= 0.3 is 0 Å². The van der Waals surface area contributed by atoms with Crippen molar-refractivity contribution in [3.63, 3.8) is 0 Å². The molecule has 2 nitrogen and oxygen atoms in total. The van der Waals surface area contributed by atoms with E-state index >= 15 is 0 Å². The average molecular weight is 307 g/mol. The number of carbonyl (C=O) groups is 1. The Balaban J connectivity index is 1.77. The van der Waals surface area contributed by atoms with Crippen molar-refractivity contribution in [2.45, 2.75) is 52.0 Å². The van der Waals surface area contributed by atoms with Gasteiger partial charge in [0.2, 0.25) is 0 Å². The normalized spacial score (nSPS) is 14.9. The van der Waals surface area contributed by atoms with E-state index in [4.69, 9.17) is 0 Å². The minimum atomic E-state index is 0.00886. The van der Waals surface area contributed by atoms with E-state index in [1.807, 2.05) is 31.2 Å². The van der Waals surface area contributed by atoms with Gasteiger partial charge in [-0.2, -0.15) is 0 Å². The molecular weight excluding hydrogens is 282 g/mol. The van der Waals surface area contributed by atoms with Crippen LogP contribution in [0.1, 0.15) is 64.8 Å². The van der Waals surface area contributed by atoms with Crippen molar-refractivity contribution in [2.24, 2.45) is 0 Å². The summed E-state index contributed by atoms with van der Waals surface area (Å²) in [5, 5.41) is 3.19. The van der Waals surface area contributed by atoms with Gasteiger partial charge in [0.05, 0.1) is 6.04 Å². The van der Waals surface area contributed by atoms with Crippen molar-refractivity contribution in [2.75, 3.05) is 0 Å². The number of fused-ring (bicyclic) bond motifs is 1. The molecule has 1 amide bonds. The Labute approximate surface area is 138 Å². The molecule has 0 spiro atoms. The second kappa shape index (κ2) is 6.99. The third-order valence-electron chi connectivity index (χ3n) is 4.80. The van der Waals surface area contributed by atoms with Crippen LogP contribution in [0.4, 0.5) is 0 Å². The molecule has 0 aromatic heterocycles. The van der Waals surface area contributed by atoms with Gasteiger partial charge in [-0.05, 0) is 67.9 Å². The number of hydrogen-bond donors (Lipinski definition) is 1. The van der Waals surface area contributed by atoms with E-state index in [2.05, 4.69) is 30.4 Å². The Kier molecular flexibility index (Phi) is 4.80. The van der Waals surface area contributed by atoms with Crippen molar-refractivity contribution in [1.82, 2.24) is 5.32 Å². The third-order valence-corrected chi connectivity index (χ3v) is 4.80. The molecule has 0 heterocycles. The second-order valence-electron chi connectivity index (χ2n) is 6.54. The Hall–Kier alpha value is -2.09. The summed E-state index contributed by atoms with van der Waals surface area (Å²) in [4.78, 5) is 12.5. The minimum absolute atomic E-state index is 0.00886. The van der Waals surface area contributed by atoms with Crippen LogP contribution in [0.3, 0.4) is 0 Å². The number of carbonyl (C=O) groups excluding carboxylic acids is 1.